The van der Waals surface area contributed by atoms with Gasteiger partial charge in [0.25, 0.3) is 0 Å². The number of carbonyl (C=O) groups is 1. The van der Waals surface area contributed by atoms with Crippen molar-refractivity contribution in [3.8, 4) is 0 Å². The van der Waals surface area contributed by atoms with Gasteiger partial charge in [0.1, 0.15) is 18.9 Å². The molecule has 35 heavy (non-hydrogen) atoms. The first-order valence-corrected chi connectivity index (χ1v) is 14.8. The Hall–Kier alpha value is -1.46. The minimum Gasteiger partial charge on any atom is -0.544 e. The molecule has 0 bridgehead atoms. The van der Waals surface area contributed by atoms with Crippen LogP contribution in [-0.4, -0.2) is 29.0 Å². The molecule has 5 nitrogen and oxygen atoms in total. The molecule has 1 heterocycles. The third-order valence-corrected chi connectivity index (χ3v) is 7.32. The van der Waals surface area contributed by atoms with E-state index in [0.29, 0.717) is 0 Å². The number of carboxylic acid groups (broad SMARTS) is 1. The average Bonchev–Trinajstić information content (AvgIpc) is 3.23. The Balaban J connectivity index is 1.91. The van der Waals surface area contributed by atoms with Gasteiger partial charge in [0.2, 0.25) is 5.84 Å². The number of nitrogens with two attached hydrogens (primary N) is 1. The lowest BCUT2D eigenvalue weighted by molar-refractivity contribution is -0.808. The van der Waals surface area contributed by atoms with Crippen molar-refractivity contribution in [1.82, 2.24) is 0 Å². The molecule has 202 valence electrons. The van der Waals surface area contributed by atoms with Crippen molar-refractivity contribution in [2.45, 2.75) is 148 Å². The van der Waals surface area contributed by atoms with Crippen LogP contribution in [0.15, 0.2) is 29.5 Å². The predicted molar refractivity (Wildman–Crippen MR) is 148 cm³/mol. The molecular weight excluding hydrogens is 434 g/mol. The molecule has 0 aromatic heterocycles. The van der Waals surface area contributed by atoms with Crippen molar-refractivity contribution in [2.75, 3.05) is 6.54 Å². The maximum absolute atomic E-state index is 11.2. The summed E-state index contributed by atoms with van der Waals surface area (Å²) in [6, 6.07) is 0. The van der Waals surface area contributed by atoms with Crippen LogP contribution in [0.25, 0.3) is 0 Å². The van der Waals surface area contributed by atoms with Crippen molar-refractivity contribution < 1.29 is 14.4 Å². The van der Waals surface area contributed by atoms with Crippen molar-refractivity contribution in [3.05, 3.63) is 24.6 Å². The SMILES string of the molecule is CCCCCCCCCCCCCC/C=C/CCCCCCCC1=NC=C[N+]1(CC(=O)[O-])C(C)N. The Kier molecular flexibility index (Phi) is 18.7. The van der Waals surface area contributed by atoms with Crippen LogP contribution in [0.4, 0.5) is 0 Å². The van der Waals surface area contributed by atoms with Gasteiger partial charge in [0, 0.05) is 13.3 Å². The van der Waals surface area contributed by atoms with Gasteiger partial charge >= 0.3 is 0 Å². The van der Waals surface area contributed by atoms with Gasteiger partial charge in [-0.2, -0.15) is 0 Å². The summed E-state index contributed by atoms with van der Waals surface area (Å²) in [7, 11) is 0. The lowest BCUT2D eigenvalue weighted by atomic mass is 10.0. The van der Waals surface area contributed by atoms with Crippen LogP contribution < -0.4 is 10.8 Å². The van der Waals surface area contributed by atoms with Crippen LogP contribution in [0.1, 0.15) is 142 Å². The second-order valence-electron chi connectivity index (χ2n) is 10.5. The van der Waals surface area contributed by atoms with E-state index in [1.807, 2.05) is 6.92 Å². The lowest BCUT2D eigenvalue weighted by Crippen LogP contribution is -2.60. The lowest BCUT2D eigenvalue weighted by Gasteiger charge is -2.36. The molecule has 1 aliphatic rings. The van der Waals surface area contributed by atoms with Crippen LogP contribution in [0, 0.1) is 0 Å². The van der Waals surface area contributed by atoms with Crippen LogP contribution in [-0.2, 0) is 4.79 Å². The van der Waals surface area contributed by atoms with Gasteiger partial charge < -0.3 is 9.90 Å². The van der Waals surface area contributed by atoms with E-state index in [9.17, 15) is 9.90 Å². The highest BCUT2D eigenvalue weighted by Crippen LogP contribution is 2.23. The van der Waals surface area contributed by atoms with Gasteiger partial charge in [-0.1, -0.05) is 109 Å². The zero-order chi connectivity index (χ0) is 25.6. The van der Waals surface area contributed by atoms with Crippen LogP contribution >= 0.6 is 0 Å². The first-order valence-electron chi connectivity index (χ1n) is 14.8. The summed E-state index contributed by atoms with van der Waals surface area (Å²) in [5.74, 6) is -0.238. The van der Waals surface area contributed by atoms with Gasteiger partial charge in [-0.25, -0.2) is 9.48 Å². The molecule has 1 aliphatic heterocycles. The molecule has 2 atom stereocenters. The number of nitrogens with zero attached hydrogens (tertiary/aromatic N) is 2. The quantitative estimate of drug-likeness (QED) is 0.0890. The molecule has 0 spiro atoms. The zero-order valence-electron chi connectivity index (χ0n) is 23.0. The molecule has 0 amide bonds. The Morgan fingerprint density at radius 3 is 1.77 bits per heavy atom. The number of carbonyl (C=O) groups excluding carboxylic acids is 1. The number of unbranched alkanes of at least 4 members (excludes halogenated alkanes) is 17. The third kappa shape index (κ3) is 14.6. The fourth-order valence-corrected chi connectivity index (χ4v) is 4.99. The number of aliphatic carboxylic acids is 1. The highest BCUT2D eigenvalue weighted by atomic mass is 16.4. The summed E-state index contributed by atoms with van der Waals surface area (Å²) in [5.41, 5.74) is 6.10. The molecule has 0 radical (unpaired) electrons. The Morgan fingerprint density at radius 1 is 0.857 bits per heavy atom. The Labute approximate surface area is 216 Å². The summed E-state index contributed by atoms with van der Waals surface area (Å²) in [6.45, 7) is 3.98. The fourth-order valence-electron chi connectivity index (χ4n) is 4.99. The fraction of sp³-hybridized carbons (Fsp3) is 0.800. The van der Waals surface area contributed by atoms with Crippen molar-refractivity contribution in [1.29, 1.82) is 0 Å². The second kappa shape index (κ2) is 20.7. The highest BCUT2D eigenvalue weighted by Gasteiger charge is 2.38. The Bertz CT molecular complexity index is 627. The first kappa shape index (κ1) is 31.6. The van der Waals surface area contributed by atoms with Gasteiger partial charge in [-0.15, -0.1) is 0 Å². The summed E-state index contributed by atoms with van der Waals surface area (Å²) in [6.07, 6.45) is 33.9. The number of carboxylic acids is 1. The monoisotopic (exact) mass is 489 g/mol. The molecular formula is C30H55N3O2. The van der Waals surface area contributed by atoms with Crippen molar-refractivity contribution >= 4 is 11.8 Å². The van der Waals surface area contributed by atoms with E-state index in [0.717, 1.165) is 25.1 Å². The second-order valence-corrected chi connectivity index (χ2v) is 10.5. The predicted octanol–water partition coefficient (Wildman–Crippen LogP) is 7.12. The number of rotatable bonds is 24. The summed E-state index contributed by atoms with van der Waals surface area (Å²) in [4.78, 5) is 15.6. The van der Waals surface area contributed by atoms with E-state index >= 15 is 0 Å². The molecule has 0 saturated carbocycles. The molecule has 0 aromatic carbocycles. The highest BCUT2D eigenvalue weighted by molar-refractivity contribution is 5.81. The Morgan fingerprint density at radius 2 is 1.31 bits per heavy atom. The molecule has 0 aliphatic carbocycles. The molecule has 0 fully saturated rings. The molecule has 1 rings (SSSR count). The van der Waals surface area contributed by atoms with Crippen LogP contribution in [0.2, 0.25) is 0 Å². The topological polar surface area (TPSA) is 78.5 Å². The van der Waals surface area contributed by atoms with Gasteiger partial charge in [0.05, 0.1) is 12.2 Å². The van der Waals surface area contributed by atoms with E-state index in [2.05, 4.69) is 24.1 Å². The number of hydrogen-bond acceptors (Lipinski definition) is 4. The van der Waals surface area contributed by atoms with E-state index < -0.39 is 5.97 Å². The molecule has 5 heteroatoms. The normalized spacial score (nSPS) is 18.4. The van der Waals surface area contributed by atoms with Crippen LogP contribution in [0.3, 0.4) is 0 Å². The minimum atomic E-state index is -1.09. The van der Waals surface area contributed by atoms with Gasteiger partial charge in [-0.3, -0.25) is 5.73 Å². The molecule has 2 N–H and O–H groups in total. The minimum absolute atomic E-state index is 0.103. The number of amidine groups is 1. The van der Waals surface area contributed by atoms with Crippen LogP contribution in [0.5, 0.6) is 0 Å². The van der Waals surface area contributed by atoms with Crippen molar-refractivity contribution in [2.24, 2.45) is 10.7 Å². The molecule has 0 aromatic rings. The van der Waals surface area contributed by atoms with Gasteiger partial charge in [-0.05, 0) is 32.1 Å². The summed E-state index contributed by atoms with van der Waals surface area (Å²) < 4.78 is 0.103. The van der Waals surface area contributed by atoms with Crippen molar-refractivity contribution in [3.63, 3.8) is 0 Å². The molecule has 0 saturated heterocycles. The van der Waals surface area contributed by atoms with E-state index in [4.69, 9.17) is 5.73 Å². The summed E-state index contributed by atoms with van der Waals surface area (Å²) >= 11 is 0. The first-order chi connectivity index (χ1) is 17.0. The standard InChI is InChI=1S/C30H55N3O2/c1-3-4-5-6-7-8-9-10-11-12-13-14-15-16-17-18-19-20-21-22-23-24-29-32-25-26-33(29,28(2)31)27-30(34)35/h16-17,25-26,28H,3-15,18-24,27,31H2,1-2H3/b17-16+. The third-order valence-electron chi connectivity index (χ3n) is 7.32. The largest absolute Gasteiger partial charge is 0.544 e. The summed E-state index contributed by atoms with van der Waals surface area (Å²) in [5, 5.41) is 11.2. The zero-order valence-corrected chi connectivity index (χ0v) is 23.0. The average molecular weight is 490 g/mol. The maximum Gasteiger partial charge on any atom is 0.209 e. The number of aliphatic imine (C=N–C) groups is 1. The number of hydrogen-bond donors (Lipinski definition) is 1. The maximum atomic E-state index is 11.2. The molecule has 2 unspecified atom stereocenters. The smallest absolute Gasteiger partial charge is 0.209 e. The number of quaternary nitrogens is 1. The van der Waals surface area contributed by atoms with E-state index in [-0.39, 0.29) is 17.2 Å². The number of allylic oxidation sites excluding steroid dienone is 2. The van der Waals surface area contributed by atoms with E-state index in [1.165, 1.54) is 109 Å². The van der Waals surface area contributed by atoms with Gasteiger partial charge in [0.15, 0.2) is 0 Å². The van der Waals surface area contributed by atoms with E-state index in [1.54, 1.807) is 12.4 Å².